The first-order valence-corrected chi connectivity index (χ1v) is 8.09. The summed E-state index contributed by atoms with van der Waals surface area (Å²) in [5.74, 6) is -2.27. The van der Waals surface area contributed by atoms with Crippen LogP contribution in [0.15, 0.2) is 42.5 Å². The summed E-state index contributed by atoms with van der Waals surface area (Å²) in [6.45, 7) is 2.56. The first-order valence-electron chi connectivity index (χ1n) is 8.09. The monoisotopic (exact) mass is 372 g/mol. The lowest BCUT2D eigenvalue weighted by Crippen LogP contribution is -2.45. The Bertz CT molecular complexity index is 742. The van der Waals surface area contributed by atoms with Crippen LogP contribution in [0.1, 0.15) is 17.2 Å². The Kier molecular flexibility index (Phi) is 5.43. The van der Waals surface area contributed by atoms with Gasteiger partial charge in [0.2, 0.25) is 0 Å². The first kappa shape index (κ1) is 18.6. The molecule has 1 aliphatic heterocycles. The summed E-state index contributed by atoms with van der Waals surface area (Å²) in [4.78, 5) is 1.97. The van der Waals surface area contributed by atoms with Gasteiger partial charge in [-0.25, -0.2) is 8.78 Å². The van der Waals surface area contributed by atoms with Gasteiger partial charge in [-0.15, -0.1) is 13.2 Å². The van der Waals surface area contributed by atoms with Crippen molar-refractivity contribution in [2.75, 3.05) is 26.2 Å². The number of piperazine rings is 1. The molecular weight excluding hydrogens is 355 g/mol. The highest BCUT2D eigenvalue weighted by atomic mass is 19.4. The van der Waals surface area contributed by atoms with Crippen LogP contribution in [0.5, 0.6) is 5.75 Å². The van der Waals surface area contributed by atoms with E-state index in [4.69, 9.17) is 0 Å². The predicted octanol–water partition coefficient (Wildman–Crippen LogP) is 3.86. The highest BCUT2D eigenvalue weighted by Gasteiger charge is 2.32. The zero-order valence-corrected chi connectivity index (χ0v) is 13.7. The Hall–Kier alpha value is -2.19. The first-order chi connectivity index (χ1) is 12.3. The fourth-order valence-electron chi connectivity index (χ4n) is 3.11. The lowest BCUT2D eigenvalue weighted by Gasteiger charge is -2.35. The molecule has 8 heteroatoms. The average Bonchev–Trinajstić information content (AvgIpc) is 2.60. The second kappa shape index (κ2) is 7.59. The number of rotatable bonds is 4. The van der Waals surface area contributed by atoms with Crippen LogP contribution in [0, 0.1) is 11.6 Å². The minimum Gasteiger partial charge on any atom is -0.406 e. The van der Waals surface area contributed by atoms with Crippen LogP contribution in [-0.2, 0) is 0 Å². The number of alkyl halides is 3. The third kappa shape index (κ3) is 4.31. The van der Waals surface area contributed by atoms with Crippen molar-refractivity contribution in [2.24, 2.45) is 0 Å². The molecule has 1 heterocycles. The molecule has 3 nitrogen and oxygen atoms in total. The molecule has 0 bridgehead atoms. The molecule has 0 saturated carbocycles. The molecule has 1 aliphatic rings. The minimum atomic E-state index is -4.78. The van der Waals surface area contributed by atoms with Gasteiger partial charge in [-0.05, 0) is 23.8 Å². The van der Waals surface area contributed by atoms with Crippen LogP contribution in [0.4, 0.5) is 22.0 Å². The molecule has 3 rings (SSSR count). The molecule has 1 N–H and O–H groups in total. The van der Waals surface area contributed by atoms with E-state index >= 15 is 0 Å². The second-order valence-electron chi connectivity index (χ2n) is 5.95. The number of hydrogen-bond donors (Lipinski definition) is 1. The zero-order valence-electron chi connectivity index (χ0n) is 13.7. The molecule has 26 heavy (non-hydrogen) atoms. The molecule has 0 unspecified atom stereocenters. The Morgan fingerprint density at radius 1 is 0.962 bits per heavy atom. The van der Waals surface area contributed by atoms with E-state index in [1.165, 1.54) is 36.4 Å². The van der Waals surface area contributed by atoms with Crippen LogP contribution in [0.25, 0.3) is 0 Å². The topological polar surface area (TPSA) is 24.5 Å². The van der Waals surface area contributed by atoms with Gasteiger partial charge in [-0.3, -0.25) is 4.90 Å². The normalized spacial score (nSPS) is 17.1. The summed E-state index contributed by atoms with van der Waals surface area (Å²) < 4.78 is 69.0. The lowest BCUT2D eigenvalue weighted by atomic mass is 9.95. The highest BCUT2D eigenvalue weighted by molar-refractivity contribution is 5.36. The fraction of sp³-hybridized carbons (Fsp3) is 0.333. The van der Waals surface area contributed by atoms with Crippen molar-refractivity contribution in [3.63, 3.8) is 0 Å². The van der Waals surface area contributed by atoms with Gasteiger partial charge >= 0.3 is 6.36 Å². The number of benzene rings is 2. The smallest absolute Gasteiger partial charge is 0.406 e. The van der Waals surface area contributed by atoms with Gasteiger partial charge in [0, 0.05) is 31.7 Å². The third-order valence-electron chi connectivity index (χ3n) is 4.22. The quantitative estimate of drug-likeness (QED) is 0.825. The summed E-state index contributed by atoms with van der Waals surface area (Å²) in [6, 6.07) is 8.58. The van der Waals surface area contributed by atoms with Crippen molar-refractivity contribution in [3.8, 4) is 5.75 Å². The van der Waals surface area contributed by atoms with Crippen molar-refractivity contribution in [2.45, 2.75) is 12.4 Å². The summed E-state index contributed by atoms with van der Waals surface area (Å²) in [5, 5.41) is 3.18. The minimum absolute atomic E-state index is 0.149. The van der Waals surface area contributed by atoms with Crippen LogP contribution in [-0.4, -0.2) is 37.4 Å². The van der Waals surface area contributed by atoms with Gasteiger partial charge in [0.05, 0.1) is 6.04 Å². The largest absolute Gasteiger partial charge is 0.573 e. The molecule has 1 fully saturated rings. The van der Waals surface area contributed by atoms with Gasteiger partial charge in [0.1, 0.15) is 5.75 Å². The molecule has 0 amide bonds. The summed E-state index contributed by atoms with van der Waals surface area (Å²) in [6.07, 6.45) is -4.78. The molecule has 0 spiro atoms. The number of nitrogens with zero attached hydrogens (tertiary/aromatic N) is 1. The van der Waals surface area contributed by atoms with Crippen LogP contribution >= 0.6 is 0 Å². The van der Waals surface area contributed by atoms with E-state index < -0.39 is 24.0 Å². The molecule has 1 atom stereocenters. The molecule has 1 saturated heterocycles. The average molecular weight is 372 g/mol. The molecule has 2 aromatic carbocycles. The van der Waals surface area contributed by atoms with Crippen LogP contribution in [0.2, 0.25) is 0 Å². The van der Waals surface area contributed by atoms with Crippen molar-refractivity contribution in [1.29, 1.82) is 0 Å². The van der Waals surface area contributed by atoms with Gasteiger partial charge in [-0.2, -0.15) is 0 Å². The number of nitrogens with one attached hydrogen (secondary N) is 1. The van der Waals surface area contributed by atoms with E-state index in [1.54, 1.807) is 0 Å². The van der Waals surface area contributed by atoms with Crippen molar-refractivity contribution in [3.05, 3.63) is 65.2 Å². The number of ether oxygens (including phenoxy) is 1. The van der Waals surface area contributed by atoms with E-state index in [2.05, 4.69) is 10.1 Å². The summed E-state index contributed by atoms with van der Waals surface area (Å²) >= 11 is 0. The summed E-state index contributed by atoms with van der Waals surface area (Å²) in [7, 11) is 0. The van der Waals surface area contributed by atoms with E-state index in [1.807, 2.05) is 4.90 Å². The number of hydrogen-bond acceptors (Lipinski definition) is 3. The Labute approximate surface area is 147 Å². The molecule has 0 radical (unpaired) electrons. The van der Waals surface area contributed by atoms with Crippen LogP contribution in [0.3, 0.4) is 0 Å². The SMILES string of the molecule is Fc1cccc([C@@H](c2ccc(OC(F)(F)F)cc2)N2CCNCC2)c1F. The standard InChI is InChI=1S/C18H17F5N2O/c19-15-3-1-2-14(16(15)20)17(25-10-8-24-9-11-25)12-4-6-13(7-5-12)26-18(21,22)23/h1-7,17,24H,8-11H2/t17-/m1/s1. The maximum Gasteiger partial charge on any atom is 0.573 e. The molecule has 2 aromatic rings. The van der Waals surface area contributed by atoms with E-state index in [0.717, 1.165) is 6.07 Å². The number of halogens is 5. The van der Waals surface area contributed by atoms with Crippen LogP contribution < -0.4 is 10.1 Å². The second-order valence-corrected chi connectivity index (χ2v) is 5.95. The van der Waals surface area contributed by atoms with E-state index in [-0.39, 0.29) is 11.3 Å². The van der Waals surface area contributed by atoms with Crippen molar-refractivity contribution < 1.29 is 26.7 Å². The Morgan fingerprint density at radius 2 is 1.62 bits per heavy atom. The van der Waals surface area contributed by atoms with Gasteiger partial charge in [0.25, 0.3) is 0 Å². The maximum atomic E-state index is 14.4. The molecule has 0 aromatic heterocycles. The maximum absolute atomic E-state index is 14.4. The fourth-order valence-corrected chi connectivity index (χ4v) is 3.11. The van der Waals surface area contributed by atoms with Crippen molar-refractivity contribution in [1.82, 2.24) is 10.2 Å². The van der Waals surface area contributed by atoms with Crippen molar-refractivity contribution >= 4 is 0 Å². The third-order valence-corrected chi connectivity index (χ3v) is 4.22. The Morgan fingerprint density at radius 3 is 2.23 bits per heavy atom. The molecule has 140 valence electrons. The molecule has 0 aliphatic carbocycles. The van der Waals surface area contributed by atoms with E-state index in [0.29, 0.717) is 31.7 Å². The van der Waals surface area contributed by atoms with Gasteiger partial charge in [-0.1, -0.05) is 24.3 Å². The highest BCUT2D eigenvalue weighted by Crippen LogP contribution is 2.33. The predicted molar refractivity (Wildman–Crippen MR) is 85.8 cm³/mol. The lowest BCUT2D eigenvalue weighted by molar-refractivity contribution is -0.274. The molecular formula is C18H17F5N2O. The zero-order chi connectivity index (χ0) is 18.7. The van der Waals surface area contributed by atoms with E-state index in [9.17, 15) is 22.0 Å². The Balaban J connectivity index is 1.96. The van der Waals surface area contributed by atoms with Gasteiger partial charge in [0.15, 0.2) is 11.6 Å². The summed E-state index contributed by atoms with van der Waals surface area (Å²) in [5.41, 5.74) is 0.710. The van der Waals surface area contributed by atoms with Gasteiger partial charge < -0.3 is 10.1 Å².